The molecule has 0 spiro atoms. The number of phenols is 1. The van der Waals surface area contributed by atoms with Crippen molar-refractivity contribution in [1.82, 2.24) is 4.90 Å². The second-order valence-electron chi connectivity index (χ2n) is 5.54. The van der Waals surface area contributed by atoms with Crippen LogP contribution in [-0.4, -0.2) is 34.4 Å². The van der Waals surface area contributed by atoms with Crippen LogP contribution in [0, 0.1) is 0 Å². The van der Waals surface area contributed by atoms with E-state index < -0.39 is 23.7 Å². The van der Waals surface area contributed by atoms with E-state index in [0.29, 0.717) is 5.56 Å². The van der Waals surface area contributed by atoms with Gasteiger partial charge in [0.05, 0.1) is 0 Å². The van der Waals surface area contributed by atoms with Gasteiger partial charge in [0.25, 0.3) is 0 Å². The van der Waals surface area contributed by atoms with Crippen LogP contribution in [0.1, 0.15) is 32.4 Å². The standard InChI is InChI=1S/C14H17NO5/c1-14(2,3)20-13(18)15-8-19-12(17)11(15)9-4-6-10(16)7-5-9/h4-7,11,16H,8H2,1-3H3/t11-/m1/s1. The molecule has 1 amide bonds. The van der Waals surface area contributed by atoms with E-state index in [2.05, 4.69) is 0 Å². The van der Waals surface area contributed by atoms with Gasteiger partial charge in [-0.25, -0.2) is 9.59 Å². The first-order chi connectivity index (χ1) is 9.28. The SMILES string of the molecule is CC(C)(C)OC(=O)N1COC(=O)[C@H]1c1ccc(O)cc1. The molecule has 1 aliphatic rings. The molecule has 1 saturated heterocycles. The van der Waals surface area contributed by atoms with E-state index in [1.54, 1.807) is 32.9 Å². The van der Waals surface area contributed by atoms with Gasteiger partial charge < -0.3 is 14.6 Å². The van der Waals surface area contributed by atoms with Gasteiger partial charge in [-0.2, -0.15) is 0 Å². The number of cyclic esters (lactones) is 1. The van der Waals surface area contributed by atoms with Crippen LogP contribution < -0.4 is 0 Å². The Morgan fingerprint density at radius 1 is 1.35 bits per heavy atom. The molecule has 0 radical (unpaired) electrons. The smallest absolute Gasteiger partial charge is 0.414 e. The highest BCUT2D eigenvalue weighted by Crippen LogP contribution is 2.30. The van der Waals surface area contributed by atoms with Crippen LogP contribution in [0.2, 0.25) is 0 Å². The lowest BCUT2D eigenvalue weighted by Crippen LogP contribution is -2.37. The van der Waals surface area contributed by atoms with Crippen molar-refractivity contribution in [1.29, 1.82) is 0 Å². The van der Waals surface area contributed by atoms with Crippen LogP contribution in [-0.2, 0) is 14.3 Å². The Balaban J connectivity index is 2.23. The van der Waals surface area contributed by atoms with Crippen LogP contribution >= 0.6 is 0 Å². The summed E-state index contributed by atoms with van der Waals surface area (Å²) in [5.74, 6) is -0.425. The quantitative estimate of drug-likeness (QED) is 0.797. The molecule has 108 valence electrons. The van der Waals surface area contributed by atoms with E-state index in [1.165, 1.54) is 17.0 Å². The molecule has 6 heteroatoms. The zero-order valence-corrected chi connectivity index (χ0v) is 11.6. The minimum Gasteiger partial charge on any atom is -0.508 e. The number of rotatable bonds is 1. The molecule has 1 aromatic carbocycles. The number of ether oxygens (including phenoxy) is 2. The summed E-state index contributed by atoms with van der Waals surface area (Å²) in [6, 6.07) is 5.21. The Labute approximate surface area is 116 Å². The van der Waals surface area contributed by atoms with Crippen molar-refractivity contribution >= 4 is 12.1 Å². The van der Waals surface area contributed by atoms with E-state index in [-0.39, 0.29) is 12.5 Å². The molecule has 1 fully saturated rings. The van der Waals surface area contributed by atoms with Gasteiger partial charge >= 0.3 is 12.1 Å². The highest BCUT2D eigenvalue weighted by atomic mass is 16.6. The fourth-order valence-corrected chi connectivity index (χ4v) is 1.87. The number of esters is 1. The summed E-state index contributed by atoms with van der Waals surface area (Å²) in [5, 5.41) is 9.27. The van der Waals surface area contributed by atoms with Gasteiger partial charge in [0.15, 0.2) is 12.8 Å². The lowest BCUT2D eigenvalue weighted by Gasteiger charge is -2.26. The van der Waals surface area contributed by atoms with Crippen molar-refractivity contribution in [3.05, 3.63) is 29.8 Å². The lowest BCUT2D eigenvalue weighted by atomic mass is 10.1. The molecule has 0 unspecified atom stereocenters. The molecule has 0 bridgehead atoms. The van der Waals surface area contributed by atoms with E-state index in [9.17, 15) is 14.7 Å². The van der Waals surface area contributed by atoms with Gasteiger partial charge in [-0.15, -0.1) is 0 Å². The van der Waals surface area contributed by atoms with Gasteiger partial charge in [-0.1, -0.05) is 12.1 Å². The van der Waals surface area contributed by atoms with Crippen molar-refractivity contribution in [2.24, 2.45) is 0 Å². The van der Waals surface area contributed by atoms with E-state index in [0.717, 1.165) is 0 Å². The number of aromatic hydroxyl groups is 1. The molecule has 0 aromatic heterocycles. The first-order valence-corrected chi connectivity index (χ1v) is 6.23. The molecule has 2 rings (SSSR count). The van der Waals surface area contributed by atoms with Crippen LogP contribution in [0.4, 0.5) is 4.79 Å². The summed E-state index contributed by atoms with van der Waals surface area (Å²) >= 11 is 0. The Morgan fingerprint density at radius 3 is 2.50 bits per heavy atom. The van der Waals surface area contributed by atoms with Crippen molar-refractivity contribution in [2.75, 3.05) is 6.73 Å². The summed E-state index contributed by atoms with van der Waals surface area (Å²) in [7, 11) is 0. The zero-order valence-electron chi connectivity index (χ0n) is 11.6. The Hall–Kier alpha value is -2.24. The third-order valence-electron chi connectivity index (χ3n) is 2.72. The summed E-state index contributed by atoms with van der Waals surface area (Å²) < 4.78 is 10.2. The molecular weight excluding hydrogens is 262 g/mol. The fraction of sp³-hybridized carbons (Fsp3) is 0.429. The van der Waals surface area contributed by atoms with E-state index >= 15 is 0 Å². The maximum absolute atomic E-state index is 12.1. The largest absolute Gasteiger partial charge is 0.508 e. The molecule has 1 aromatic rings. The van der Waals surface area contributed by atoms with Crippen LogP contribution in [0.25, 0.3) is 0 Å². The average Bonchev–Trinajstić information content (AvgIpc) is 2.70. The normalized spacial score (nSPS) is 18.9. The van der Waals surface area contributed by atoms with Crippen molar-refractivity contribution in [2.45, 2.75) is 32.4 Å². The van der Waals surface area contributed by atoms with Crippen molar-refractivity contribution in [3.8, 4) is 5.75 Å². The summed E-state index contributed by atoms with van der Waals surface area (Å²) in [4.78, 5) is 25.1. The number of carbonyl (C=O) groups excluding carboxylic acids is 2. The van der Waals surface area contributed by atoms with Gasteiger partial charge in [0.2, 0.25) is 0 Å². The van der Waals surface area contributed by atoms with Gasteiger partial charge in [0.1, 0.15) is 11.4 Å². The first-order valence-electron chi connectivity index (χ1n) is 6.23. The topological polar surface area (TPSA) is 76.1 Å². The van der Waals surface area contributed by atoms with Crippen LogP contribution in [0.5, 0.6) is 5.75 Å². The third kappa shape index (κ3) is 3.01. The van der Waals surface area contributed by atoms with Crippen molar-refractivity contribution in [3.63, 3.8) is 0 Å². The monoisotopic (exact) mass is 279 g/mol. The molecule has 0 saturated carbocycles. The number of nitrogens with zero attached hydrogens (tertiary/aromatic N) is 1. The molecule has 20 heavy (non-hydrogen) atoms. The number of phenolic OH excluding ortho intramolecular Hbond substituents is 1. The number of hydrogen-bond acceptors (Lipinski definition) is 5. The predicted molar refractivity (Wildman–Crippen MR) is 69.9 cm³/mol. The molecular formula is C14H17NO5. The highest BCUT2D eigenvalue weighted by molar-refractivity contribution is 5.85. The van der Waals surface area contributed by atoms with E-state index in [4.69, 9.17) is 9.47 Å². The Kier molecular flexibility index (Phi) is 3.57. The Morgan fingerprint density at radius 2 is 1.95 bits per heavy atom. The molecule has 6 nitrogen and oxygen atoms in total. The maximum Gasteiger partial charge on any atom is 0.414 e. The minimum absolute atomic E-state index is 0.0870. The molecule has 1 heterocycles. The second-order valence-corrected chi connectivity index (χ2v) is 5.54. The molecule has 0 aliphatic carbocycles. The number of hydrogen-bond donors (Lipinski definition) is 1. The molecule has 1 atom stereocenters. The molecule has 1 N–H and O–H groups in total. The highest BCUT2D eigenvalue weighted by Gasteiger charge is 2.41. The van der Waals surface area contributed by atoms with E-state index in [1.807, 2.05) is 0 Å². The van der Waals surface area contributed by atoms with Crippen molar-refractivity contribution < 1.29 is 24.2 Å². The number of carbonyl (C=O) groups is 2. The van der Waals surface area contributed by atoms with Gasteiger partial charge in [-0.05, 0) is 38.5 Å². The predicted octanol–water partition coefficient (Wildman–Crippen LogP) is 2.18. The number of amides is 1. The Bertz CT molecular complexity index is 517. The zero-order chi connectivity index (χ0) is 14.9. The van der Waals surface area contributed by atoms with Gasteiger partial charge in [-0.3, -0.25) is 4.90 Å². The summed E-state index contributed by atoms with van der Waals surface area (Å²) in [5.41, 5.74) is -0.0847. The van der Waals surface area contributed by atoms with Gasteiger partial charge in [0, 0.05) is 0 Å². The fourth-order valence-electron chi connectivity index (χ4n) is 1.87. The third-order valence-corrected chi connectivity index (χ3v) is 2.72. The maximum atomic E-state index is 12.1. The molecule has 1 aliphatic heterocycles. The minimum atomic E-state index is -0.842. The van der Waals surface area contributed by atoms with Crippen LogP contribution in [0.3, 0.4) is 0 Å². The second kappa shape index (κ2) is 5.03. The average molecular weight is 279 g/mol. The lowest BCUT2D eigenvalue weighted by molar-refractivity contribution is -0.139. The summed E-state index contributed by atoms with van der Waals surface area (Å²) in [6.07, 6.45) is -0.610. The first kappa shape index (κ1) is 14.2. The van der Waals surface area contributed by atoms with Crippen LogP contribution in [0.15, 0.2) is 24.3 Å². The summed E-state index contributed by atoms with van der Waals surface area (Å²) in [6.45, 7) is 5.11. The number of benzene rings is 1.